The molecule has 1 aromatic carbocycles. The molecule has 0 fully saturated rings. The molecule has 0 aliphatic rings. The number of hydrogen-bond donors (Lipinski definition) is 1. The molecule has 0 amide bonds. The maximum atomic E-state index is 12.1. The third-order valence-corrected chi connectivity index (χ3v) is 5.74. The van der Waals surface area contributed by atoms with E-state index in [9.17, 15) is 9.59 Å². The topological polar surface area (TPSA) is 54.9 Å². The van der Waals surface area contributed by atoms with Gasteiger partial charge in [0.2, 0.25) is 0 Å². The predicted octanol–water partition coefficient (Wildman–Crippen LogP) is 0.554. The minimum absolute atomic E-state index is 0.0340. The third-order valence-electron chi connectivity index (χ3n) is 3.29. The van der Waals surface area contributed by atoms with Crippen molar-refractivity contribution >= 4 is 24.0 Å². The third kappa shape index (κ3) is 3.74. The quantitative estimate of drug-likeness (QED) is 0.773. The van der Waals surface area contributed by atoms with Gasteiger partial charge >= 0.3 is 130 Å². The van der Waals surface area contributed by atoms with Gasteiger partial charge in [0, 0.05) is 0 Å². The van der Waals surface area contributed by atoms with Crippen LogP contribution in [-0.2, 0) is 13.0 Å². The van der Waals surface area contributed by atoms with E-state index in [0.29, 0.717) is 13.0 Å². The van der Waals surface area contributed by atoms with Crippen LogP contribution in [0.1, 0.15) is 32.3 Å². The summed E-state index contributed by atoms with van der Waals surface area (Å²) in [5.74, 6) is 0. The summed E-state index contributed by atoms with van der Waals surface area (Å²) in [5, 5.41) is 0. The second kappa shape index (κ2) is 7.43. The van der Waals surface area contributed by atoms with Crippen LogP contribution in [0.5, 0.6) is 0 Å². The molecule has 0 atom stereocenters. The molecule has 1 heterocycles. The molecule has 21 heavy (non-hydrogen) atoms. The summed E-state index contributed by atoms with van der Waals surface area (Å²) >= 11 is -0.0340. The van der Waals surface area contributed by atoms with E-state index in [4.69, 9.17) is 0 Å². The van der Waals surface area contributed by atoms with Crippen LogP contribution in [0.3, 0.4) is 0 Å². The van der Waals surface area contributed by atoms with E-state index in [1.165, 1.54) is 4.46 Å². The number of hydrogen-bond acceptors (Lipinski definition) is 2. The molecule has 0 radical (unpaired) electrons. The number of aromatic nitrogens is 2. The first-order chi connectivity index (χ1) is 10.2. The summed E-state index contributed by atoms with van der Waals surface area (Å²) in [6, 6.07) is 10.1. The van der Waals surface area contributed by atoms with Gasteiger partial charge in [-0.2, -0.15) is 0 Å². The first-order valence-corrected chi connectivity index (χ1v) is 8.97. The molecule has 0 saturated carbocycles. The van der Waals surface area contributed by atoms with Crippen LogP contribution in [0, 0.1) is 0 Å². The van der Waals surface area contributed by atoms with Crippen molar-refractivity contribution in [3.05, 3.63) is 56.7 Å². The summed E-state index contributed by atoms with van der Waals surface area (Å²) in [7, 11) is 0. The Kier molecular flexibility index (Phi) is 5.59. The number of nitrogens with one attached hydrogen (secondary N) is 1. The second-order valence-corrected chi connectivity index (χ2v) is 7.05. The molecule has 5 heteroatoms. The number of nitrogens with zero attached hydrogens (tertiary/aromatic N) is 1. The van der Waals surface area contributed by atoms with Crippen LogP contribution in [0.15, 0.2) is 39.9 Å². The van der Waals surface area contributed by atoms with Gasteiger partial charge in [-0.05, 0) is 0 Å². The maximum absolute atomic E-state index is 12.1. The fourth-order valence-electron chi connectivity index (χ4n) is 2.14. The monoisotopic (exact) mass is 352 g/mol. The Balaban J connectivity index is 2.53. The van der Waals surface area contributed by atoms with E-state index in [1.807, 2.05) is 25.1 Å². The average molecular weight is 351 g/mol. The normalized spacial score (nSPS) is 10.8. The van der Waals surface area contributed by atoms with Crippen molar-refractivity contribution in [3.63, 3.8) is 0 Å². The zero-order chi connectivity index (χ0) is 15.2. The number of rotatable bonds is 6. The molecule has 112 valence electrons. The number of unbranched alkanes of at least 4 members (excludes halogenated alkanes) is 1. The molecular formula is C16H20N2O2Se. The number of aromatic amines is 1. The Morgan fingerprint density at radius 3 is 2.48 bits per heavy atom. The number of H-pyrrole nitrogens is 1. The van der Waals surface area contributed by atoms with E-state index in [-0.39, 0.29) is 26.2 Å². The van der Waals surface area contributed by atoms with E-state index < -0.39 is 0 Å². The fourth-order valence-corrected chi connectivity index (χ4v) is 4.58. The van der Waals surface area contributed by atoms with Crippen LogP contribution in [0.4, 0.5) is 0 Å². The van der Waals surface area contributed by atoms with Crippen LogP contribution in [-0.4, -0.2) is 24.5 Å². The number of benzene rings is 1. The molecule has 0 spiro atoms. The van der Waals surface area contributed by atoms with Gasteiger partial charge < -0.3 is 0 Å². The van der Waals surface area contributed by atoms with Crippen molar-refractivity contribution in [3.8, 4) is 0 Å². The first kappa shape index (κ1) is 15.8. The summed E-state index contributed by atoms with van der Waals surface area (Å²) in [5.41, 5.74) is 0.232. The molecule has 0 saturated heterocycles. The van der Waals surface area contributed by atoms with Crippen LogP contribution < -0.4 is 20.3 Å². The average Bonchev–Trinajstić information content (AvgIpc) is 2.48. The van der Waals surface area contributed by atoms with Crippen molar-refractivity contribution in [2.45, 2.75) is 39.7 Å². The van der Waals surface area contributed by atoms with Gasteiger partial charge in [0.25, 0.3) is 0 Å². The summed E-state index contributed by atoms with van der Waals surface area (Å²) in [6.07, 6.45) is 2.60. The molecule has 1 N–H and O–H groups in total. The molecule has 0 aliphatic heterocycles. The van der Waals surface area contributed by atoms with Crippen molar-refractivity contribution in [2.24, 2.45) is 0 Å². The van der Waals surface area contributed by atoms with E-state index >= 15 is 0 Å². The molecule has 0 bridgehead atoms. The van der Waals surface area contributed by atoms with Crippen molar-refractivity contribution < 1.29 is 0 Å². The van der Waals surface area contributed by atoms with Gasteiger partial charge in [0.15, 0.2) is 0 Å². The second-order valence-electron chi connectivity index (χ2n) is 4.82. The van der Waals surface area contributed by atoms with Crippen molar-refractivity contribution in [2.75, 3.05) is 0 Å². The SMILES string of the molecule is CCCCn1c([Se]c2ccccc2)c(CC)c(=O)[nH]c1=O. The summed E-state index contributed by atoms with van der Waals surface area (Å²) in [6.45, 7) is 4.73. The fraction of sp³-hybridized carbons (Fsp3) is 0.375. The zero-order valence-corrected chi connectivity index (χ0v) is 14.1. The van der Waals surface area contributed by atoms with Crippen LogP contribution in [0.2, 0.25) is 0 Å². The van der Waals surface area contributed by atoms with E-state index in [0.717, 1.165) is 23.0 Å². The van der Waals surface area contributed by atoms with Crippen LogP contribution >= 0.6 is 0 Å². The molecule has 1 aromatic heterocycles. The van der Waals surface area contributed by atoms with Crippen LogP contribution in [0.25, 0.3) is 0 Å². The molecule has 4 nitrogen and oxygen atoms in total. The Morgan fingerprint density at radius 1 is 1.14 bits per heavy atom. The standard InChI is InChI=1S/C16H20N2O2Se/c1-3-5-11-18-15(21-12-9-7-6-8-10-12)13(4-2)14(19)17-16(18)20/h6-10H,3-5,11H2,1-2H3,(H,17,19,20). The van der Waals surface area contributed by atoms with Crippen molar-refractivity contribution in [1.82, 2.24) is 9.55 Å². The Labute approximate surface area is 130 Å². The van der Waals surface area contributed by atoms with Gasteiger partial charge in [-0.3, -0.25) is 0 Å². The van der Waals surface area contributed by atoms with Gasteiger partial charge in [0.1, 0.15) is 0 Å². The minimum atomic E-state index is -0.279. The molecule has 2 rings (SSSR count). The van der Waals surface area contributed by atoms with E-state index in [2.05, 4.69) is 24.0 Å². The zero-order valence-electron chi connectivity index (χ0n) is 12.4. The Morgan fingerprint density at radius 2 is 1.86 bits per heavy atom. The Hall–Kier alpha value is -1.58. The Bertz CT molecular complexity index is 704. The summed E-state index contributed by atoms with van der Waals surface area (Å²) in [4.78, 5) is 26.6. The van der Waals surface area contributed by atoms with Gasteiger partial charge in [-0.1, -0.05) is 0 Å². The predicted molar refractivity (Wildman–Crippen MR) is 87.1 cm³/mol. The molecular weight excluding hydrogens is 331 g/mol. The van der Waals surface area contributed by atoms with Crippen molar-refractivity contribution in [1.29, 1.82) is 0 Å². The molecule has 2 aromatic rings. The summed E-state index contributed by atoms with van der Waals surface area (Å²) < 4.78 is 3.85. The van der Waals surface area contributed by atoms with Gasteiger partial charge in [-0.15, -0.1) is 0 Å². The molecule has 0 aliphatic carbocycles. The van der Waals surface area contributed by atoms with E-state index in [1.54, 1.807) is 4.57 Å². The van der Waals surface area contributed by atoms with Gasteiger partial charge in [-0.25, -0.2) is 0 Å². The van der Waals surface area contributed by atoms with Gasteiger partial charge in [0.05, 0.1) is 0 Å². The first-order valence-electron chi connectivity index (χ1n) is 7.26. The molecule has 0 unspecified atom stereocenters.